The molecule has 1 aromatic heterocycles. The van der Waals surface area contributed by atoms with Crippen LogP contribution < -0.4 is 16.0 Å². The molecule has 0 aliphatic carbocycles. The van der Waals surface area contributed by atoms with E-state index in [9.17, 15) is 19.5 Å². The Hall–Kier alpha value is -2.42. The van der Waals surface area contributed by atoms with E-state index in [2.05, 4.69) is 25.9 Å². The van der Waals surface area contributed by atoms with Gasteiger partial charge in [-0.25, -0.2) is 9.78 Å². The van der Waals surface area contributed by atoms with Crippen molar-refractivity contribution in [2.45, 2.75) is 57.7 Å². The second-order valence-corrected chi connectivity index (χ2v) is 6.70. The number of amides is 2. The number of hydrogen-bond donors (Lipinski definition) is 5. The first-order valence-corrected chi connectivity index (χ1v) is 8.96. The zero-order valence-electron chi connectivity index (χ0n) is 15.1. The average Bonchev–Trinajstić information content (AvgIpc) is 3.31. The van der Waals surface area contributed by atoms with Gasteiger partial charge < -0.3 is 26.0 Å². The van der Waals surface area contributed by atoms with E-state index in [1.165, 1.54) is 6.33 Å². The second kappa shape index (κ2) is 9.33. The monoisotopic (exact) mass is 365 g/mol. The first-order chi connectivity index (χ1) is 12.4. The molecular weight excluding hydrogens is 338 g/mol. The maximum Gasteiger partial charge on any atom is 0.326 e. The first kappa shape index (κ1) is 19.9. The molecule has 4 atom stereocenters. The third-order valence-corrected chi connectivity index (χ3v) is 4.77. The largest absolute Gasteiger partial charge is 0.480 e. The fraction of sp³-hybridized carbons (Fsp3) is 0.647. The van der Waals surface area contributed by atoms with Crippen LogP contribution in [0.5, 0.6) is 0 Å². The van der Waals surface area contributed by atoms with Crippen molar-refractivity contribution < 1.29 is 19.5 Å². The lowest BCUT2D eigenvalue weighted by Crippen LogP contribution is -2.56. The lowest BCUT2D eigenvalue weighted by molar-refractivity contribution is -0.143. The van der Waals surface area contributed by atoms with Gasteiger partial charge in [0.05, 0.1) is 12.4 Å². The first-order valence-electron chi connectivity index (χ1n) is 8.96. The van der Waals surface area contributed by atoms with Crippen LogP contribution in [0.1, 0.15) is 38.8 Å². The van der Waals surface area contributed by atoms with Gasteiger partial charge >= 0.3 is 5.97 Å². The number of aromatic amines is 1. The molecule has 0 unspecified atom stereocenters. The highest BCUT2D eigenvalue weighted by Gasteiger charge is 2.31. The Bertz CT molecular complexity index is 613. The summed E-state index contributed by atoms with van der Waals surface area (Å²) in [5, 5.41) is 17.8. The average molecular weight is 365 g/mol. The molecule has 2 amide bonds. The van der Waals surface area contributed by atoms with Crippen LogP contribution in [0.2, 0.25) is 0 Å². The SMILES string of the molecule is CC[C@H](C)[C@H](NC(=O)[C@H](Cc1cnc[nH]1)NC(=O)[C@@H]1CCCN1)C(=O)O. The van der Waals surface area contributed by atoms with Gasteiger partial charge in [0.2, 0.25) is 11.8 Å². The molecule has 0 radical (unpaired) electrons. The van der Waals surface area contributed by atoms with Crippen LogP contribution in [0, 0.1) is 5.92 Å². The van der Waals surface area contributed by atoms with E-state index < -0.39 is 24.0 Å². The fourth-order valence-electron chi connectivity index (χ4n) is 2.94. The fourth-order valence-corrected chi connectivity index (χ4v) is 2.94. The Morgan fingerprint density at radius 3 is 2.69 bits per heavy atom. The number of aliphatic carboxylic acids is 1. The number of carbonyl (C=O) groups is 3. The Labute approximate surface area is 152 Å². The molecule has 2 heterocycles. The maximum absolute atomic E-state index is 12.7. The van der Waals surface area contributed by atoms with Gasteiger partial charge in [-0.2, -0.15) is 0 Å². The Kier molecular flexibility index (Phi) is 7.14. The van der Waals surface area contributed by atoms with Crippen molar-refractivity contribution in [3.63, 3.8) is 0 Å². The number of hydrogen-bond acceptors (Lipinski definition) is 5. The molecular formula is C17H27N5O4. The van der Waals surface area contributed by atoms with Gasteiger partial charge in [-0.3, -0.25) is 9.59 Å². The minimum Gasteiger partial charge on any atom is -0.480 e. The molecule has 1 fully saturated rings. The molecule has 1 aliphatic rings. The Morgan fingerprint density at radius 1 is 1.38 bits per heavy atom. The summed E-state index contributed by atoms with van der Waals surface area (Å²) >= 11 is 0. The molecule has 2 rings (SSSR count). The van der Waals surface area contributed by atoms with E-state index in [4.69, 9.17) is 0 Å². The number of carbonyl (C=O) groups excluding carboxylic acids is 2. The number of rotatable bonds is 9. The van der Waals surface area contributed by atoms with Crippen molar-refractivity contribution in [2.24, 2.45) is 5.92 Å². The predicted octanol–water partition coefficient (Wildman–Crippen LogP) is -0.195. The lowest BCUT2D eigenvalue weighted by atomic mass is 9.98. The number of imidazole rings is 1. The van der Waals surface area contributed by atoms with E-state index in [0.29, 0.717) is 12.1 Å². The van der Waals surface area contributed by atoms with Crippen LogP contribution in [-0.2, 0) is 20.8 Å². The minimum absolute atomic E-state index is 0.205. The van der Waals surface area contributed by atoms with Crippen LogP contribution in [0.3, 0.4) is 0 Å². The predicted molar refractivity (Wildman–Crippen MR) is 94.3 cm³/mol. The smallest absolute Gasteiger partial charge is 0.326 e. The number of aromatic nitrogens is 2. The number of nitrogens with zero attached hydrogens (tertiary/aromatic N) is 1. The van der Waals surface area contributed by atoms with Gasteiger partial charge in [0.25, 0.3) is 0 Å². The summed E-state index contributed by atoms with van der Waals surface area (Å²) in [5.74, 6) is -2.08. The van der Waals surface area contributed by atoms with Gasteiger partial charge in [-0.15, -0.1) is 0 Å². The van der Waals surface area contributed by atoms with Crippen LogP contribution in [-0.4, -0.2) is 57.5 Å². The maximum atomic E-state index is 12.7. The third kappa shape index (κ3) is 5.29. The molecule has 5 N–H and O–H groups in total. The van der Waals surface area contributed by atoms with Crippen molar-refractivity contribution in [1.29, 1.82) is 0 Å². The highest BCUT2D eigenvalue weighted by atomic mass is 16.4. The molecule has 1 aromatic rings. The molecule has 9 heteroatoms. The van der Waals surface area contributed by atoms with Crippen molar-refractivity contribution in [2.75, 3.05) is 6.54 Å². The summed E-state index contributed by atoms with van der Waals surface area (Å²) in [4.78, 5) is 43.4. The minimum atomic E-state index is -1.09. The molecule has 26 heavy (non-hydrogen) atoms. The van der Waals surface area contributed by atoms with Gasteiger partial charge in [-0.05, 0) is 25.3 Å². The quantitative estimate of drug-likeness (QED) is 0.411. The normalized spacial score (nSPS) is 20.2. The molecule has 144 valence electrons. The Balaban J connectivity index is 2.09. The zero-order chi connectivity index (χ0) is 19.1. The summed E-state index contributed by atoms with van der Waals surface area (Å²) in [7, 11) is 0. The number of carboxylic acid groups (broad SMARTS) is 1. The van der Waals surface area contributed by atoms with Crippen molar-refractivity contribution in [1.82, 2.24) is 25.9 Å². The highest BCUT2D eigenvalue weighted by molar-refractivity contribution is 5.92. The second-order valence-electron chi connectivity index (χ2n) is 6.70. The van der Waals surface area contributed by atoms with Crippen LogP contribution in [0.15, 0.2) is 12.5 Å². The van der Waals surface area contributed by atoms with Crippen molar-refractivity contribution in [3.05, 3.63) is 18.2 Å². The highest BCUT2D eigenvalue weighted by Crippen LogP contribution is 2.10. The van der Waals surface area contributed by atoms with Crippen LogP contribution in [0.25, 0.3) is 0 Å². The topological polar surface area (TPSA) is 136 Å². The van der Waals surface area contributed by atoms with Gasteiger partial charge in [0.1, 0.15) is 12.1 Å². The summed E-state index contributed by atoms with van der Waals surface area (Å²) < 4.78 is 0. The lowest BCUT2D eigenvalue weighted by Gasteiger charge is -2.25. The summed E-state index contributed by atoms with van der Waals surface area (Å²) in [5.41, 5.74) is 0.681. The van der Waals surface area contributed by atoms with Crippen LogP contribution in [0.4, 0.5) is 0 Å². The van der Waals surface area contributed by atoms with Gasteiger partial charge in [-0.1, -0.05) is 20.3 Å². The molecule has 0 bridgehead atoms. The van der Waals surface area contributed by atoms with E-state index >= 15 is 0 Å². The molecule has 9 nitrogen and oxygen atoms in total. The van der Waals surface area contributed by atoms with Crippen LogP contribution >= 0.6 is 0 Å². The number of carboxylic acids is 1. The van der Waals surface area contributed by atoms with Crippen molar-refractivity contribution in [3.8, 4) is 0 Å². The summed E-state index contributed by atoms with van der Waals surface area (Å²) in [6.07, 6.45) is 5.50. The zero-order valence-corrected chi connectivity index (χ0v) is 15.1. The summed E-state index contributed by atoms with van der Waals surface area (Å²) in [6.45, 7) is 4.40. The summed E-state index contributed by atoms with van der Waals surface area (Å²) in [6, 6.07) is -2.20. The molecule has 0 spiro atoms. The van der Waals surface area contributed by atoms with Gasteiger partial charge in [0, 0.05) is 18.3 Å². The van der Waals surface area contributed by atoms with E-state index in [1.807, 2.05) is 6.92 Å². The number of nitrogens with one attached hydrogen (secondary N) is 4. The van der Waals surface area contributed by atoms with E-state index in [1.54, 1.807) is 13.1 Å². The molecule has 1 saturated heterocycles. The molecule has 0 aromatic carbocycles. The third-order valence-electron chi connectivity index (χ3n) is 4.77. The van der Waals surface area contributed by atoms with E-state index in [-0.39, 0.29) is 24.3 Å². The van der Waals surface area contributed by atoms with Gasteiger partial charge in [0.15, 0.2) is 0 Å². The van der Waals surface area contributed by atoms with E-state index in [0.717, 1.165) is 19.4 Å². The standard InChI is InChI=1S/C17H27N5O4/c1-3-10(2)14(17(25)26)22-16(24)13(7-11-8-18-9-20-11)21-15(23)12-5-4-6-19-12/h8-10,12-14,19H,3-7H2,1-2H3,(H,18,20)(H,21,23)(H,22,24)(H,25,26)/t10-,12-,13-,14-/m0/s1. The molecule has 1 aliphatic heterocycles. The Morgan fingerprint density at radius 2 is 2.15 bits per heavy atom. The molecule has 0 saturated carbocycles. The van der Waals surface area contributed by atoms with Crippen molar-refractivity contribution >= 4 is 17.8 Å². The number of H-pyrrole nitrogens is 1.